The molecule has 1 aliphatic rings. The van der Waals surface area contributed by atoms with Gasteiger partial charge in [-0.15, -0.1) is 0 Å². The first-order valence-corrected chi connectivity index (χ1v) is 9.89. The predicted octanol–water partition coefficient (Wildman–Crippen LogP) is 1.65. The highest BCUT2D eigenvalue weighted by Gasteiger charge is 2.47. The van der Waals surface area contributed by atoms with Gasteiger partial charge in [0.15, 0.2) is 0 Å². The van der Waals surface area contributed by atoms with Gasteiger partial charge in [-0.1, -0.05) is 25.5 Å². The maximum absolute atomic E-state index is 11.7. The Kier molecular flexibility index (Phi) is 7.86. The minimum absolute atomic E-state index is 0.298. The van der Waals surface area contributed by atoms with Crippen LogP contribution in [0, 0.1) is 11.8 Å². The molecule has 1 saturated carbocycles. The summed E-state index contributed by atoms with van der Waals surface area (Å²) in [4.78, 5) is 14.0. The Balaban J connectivity index is 2.27. The molecule has 1 amide bonds. The number of primary amides is 1. The van der Waals surface area contributed by atoms with Crippen LogP contribution in [0.25, 0.3) is 0 Å². The lowest BCUT2D eigenvalue weighted by atomic mass is 9.65. The number of carbonyl (C=O) groups excluding carboxylic acids is 1. The third-order valence-corrected chi connectivity index (χ3v) is 6.05. The molecule has 7 N–H and O–H groups in total. The zero-order chi connectivity index (χ0) is 20.7. The van der Waals surface area contributed by atoms with E-state index in [0.717, 1.165) is 43.6 Å². The van der Waals surface area contributed by atoms with Crippen molar-refractivity contribution < 1.29 is 9.53 Å². The van der Waals surface area contributed by atoms with Crippen LogP contribution >= 0.6 is 0 Å². The number of nitrogens with zero attached hydrogens (tertiary/aromatic N) is 1. The number of methoxy groups -OCH3 is 1. The van der Waals surface area contributed by atoms with Crippen molar-refractivity contribution in [1.29, 1.82) is 0 Å². The number of hydrazine groups is 1. The van der Waals surface area contributed by atoms with Crippen molar-refractivity contribution in [3.05, 3.63) is 47.3 Å². The van der Waals surface area contributed by atoms with E-state index in [4.69, 9.17) is 22.0 Å². The third-order valence-electron chi connectivity index (χ3n) is 6.05. The van der Waals surface area contributed by atoms with E-state index >= 15 is 0 Å². The van der Waals surface area contributed by atoms with Gasteiger partial charge < -0.3 is 26.5 Å². The molecule has 0 bridgehead atoms. The van der Waals surface area contributed by atoms with Crippen molar-refractivity contribution in [2.45, 2.75) is 38.2 Å². The maximum atomic E-state index is 11.7. The largest absolute Gasteiger partial charge is 0.401 e. The lowest BCUT2D eigenvalue weighted by Crippen LogP contribution is -2.50. The fourth-order valence-electron chi connectivity index (χ4n) is 4.62. The smallest absolute Gasteiger partial charge is 0.248 e. The number of hydrogen-bond acceptors (Lipinski definition) is 6. The molecule has 7 nitrogen and oxygen atoms in total. The molecule has 0 radical (unpaired) electrons. The SMILES string of the molecule is COC1(c2cccc(C(N)=O)c2)C(C)CCCC1CN(C)CC/C(N)=C/NN. The number of ether oxygens (including phenoxy) is 1. The van der Waals surface area contributed by atoms with Gasteiger partial charge in [0.25, 0.3) is 0 Å². The molecule has 0 saturated heterocycles. The van der Waals surface area contributed by atoms with Gasteiger partial charge in [0.2, 0.25) is 5.91 Å². The zero-order valence-corrected chi connectivity index (χ0v) is 17.3. The van der Waals surface area contributed by atoms with Crippen molar-refractivity contribution >= 4 is 5.91 Å². The predicted molar refractivity (Wildman–Crippen MR) is 112 cm³/mol. The summed E-state index contributed by atoms with van der Waals surface area (Å²) in [5.41, 5.74) is 15.7. The van der Waals surface area contributed by atoms with Crippen LogP contribution in [0.5, 0.6) is 0 Å². The second-order valence-electron chi connectivity index (χ2n) is 7.87. The lowest BCUT2D eigenvalue weighted by Gasteiger charge is -2.49. The summed E-state index contributed by atoms with van der Waals surface area (Å²) in [6, 6.07) is 7.60. The Morgan fingerprint density at radius 2 is 2.14 bits per heavy atom. The van der Waals surface area contributed by atoms with Crippen molar-refractivity contribution in [1.82, 2.24) is 10.3 Å². The highest BCUT2D eigenvalue weighted by Crippen LogP contribution is 2.48. The van der Waals surface area contributed by atoms with E-state index in [9.17, 15) is 4.79 Å². The van der Waals surface area contributed by atoms with Crippen LogP contribution in [0.1, 0.15) is 48.5 Å². The van der Waals surface area contributed by atoms with Gasteiger partial charge in [0.1, 0.15) is 0 Å². The van der Waals surface area contributed by atoms with Crippen molar-refractivity contribution in [2.75, 3.05) is 27.2 Å². The molecule has 3 unspecified atom stereocenters. The number of nitrogens with one attached hydrogen (secondary N) is 1. The molecule has 3 atom stereocenters. The summed E-state index contributed by atoms with van der Waals surface area (Å²) in [5.74, 6) is 5.50. The minimum atomic E-state index is -0.446. The zero-order valence-electron chi connectivity index (χ0n) is 17.3. The van der Waals surface area contributed by atoms with E-state index in [1.165, 1.54) is 6.42 Å². The van der Waals surface area contributed by atoms with E-state index in [0.29, 0.717) is 17.4 Å². The molecular formula is C21H35N5O2. The van der Waals surface area contributed by atoms with Crippen LogP contribution in [0.2, 0.25) is 0 Å². The fraction of sp³-hybridized carbons (Fsp3) is 0.571. The summed E-state index contributed by atoms with van der Waals surface area (Å²) in [7, 11) is 3.88. The Morgan fingerprint density at radius 3 is 2.79 bits per heavy atom. The molecule has 1 aromatic rings. The van der Waals surface area contributed by atoms with Gasteiger partial charge in [0, 0.05) is 50.0 Å². The molecule has 156 valence electrons. The van der Waals surface area contributed by atoms with Gasteiger partial charge in [-0.05, 0) is 43.5 Å². The first kappa shape index (κ1) is 22.2. The molecule has 2 rings (SSSR count). The van der Waals surface area contributed by atoms with Crippen LogP contribution in [0.15, 0.2) is 36.2 Å². The van der Waals surface area contributed by atoms with E-state index < -0.39 is 11.5 Å². The number of carbonyl (C=O) groups is 1. The fourth-order valence-corrected chi connectivity index (χ4v) is 4.62. The highest BCUT2D eigenvalue weighted by molar-refractivity contribution is 5.92. The molecule has 1 fully saturated rings. The number of benzene rings is 1. The van der Waals surface area contributed by atoms with Crippen molar-refractivity contribution in [2.24, 2.45) is 29.1 Å². The van der Waals surface area contributed by atoms with E-state index in [-0.39, 0.29) is 0 Å². The van der Waals surface area contributed by atoms with Gasteiger partial charge in [-0.25, -0.2) is 0 Å². The van der Waals surface area contributed by atoms with Crippen molar-refractivity contribution in [3.63, 3.8) is 0 Å². The van der Waals surface area contributed by atoms with Crippen LogP contribution in [-0.2, 0) is 10.3 Å². The summed E-state index contributed by atoms with van der Waals surface area (Å²) in [6.07, 6.45) is 5.68. The molecule has 1 aliphatic carbocycles. The quantitative estimate of drug-likeness (QED) is 0.377. The second kappa shape index (κ2) is 9.91. The van der Waals surface area contributed by atoms with Crippen LogP contribution in [0.3, 0.4) is 0 Å². The minimum Gasteiger partial charge on any atom is -0.401 e. The monoisotopic (exact) mass is 389 g/mol. The van der Waals surface area contributed by atoms with E-state index in [1.807, 2.05) is 12.1 Å². The Hall–Kier alpha value is -2.09. The number of hydrogen-bond donors (Lipinski definition) is 4. The molecule has 1 aromatic carbocycles. The second-order valence-corrected chi connectivity index (χ2v) is 7.87. The van der Waals surface area contributed by atoms with Crippen LogP contribution in [0.4, 0.5) is 0 Å². The molecular weight excluding hydrogens is 354 g/mol. The van der Waals surface area contributed by atoms with Crippen LogP contribution < -0.4 is 22.7 Å². The Morgan fingerprint density at radius 1 is 1.39 bits per heavy atom. The average molecular weight is 390 g/mol. The Bertz CT molecular complexity index is 693. The standard InChI is InChI=1S/C21H35N5O2/c1-15-6-4-9-18(14-26(2)11-10-19(22)13-25-24)21(15,28-3)17-8-5-7-16(12-17)20(23)27/h5,7-8,12-13,15,18,25H,4,6,9-11,14,22,24H2,1-3H3,(H2,23,27)/b19-13-. The van der Waals surface area contributed by atoms with Gasteiger partial charge in [-0.2, -0.15) is 0 Å². The highest BCUT2D eigenvalue weighted by atomic mass is 16.5. The summed E-state index contributed by atoms with van der Waals surface area (Å²) < 4.78 is 6.25. The van der Waals surface area contributed by atoms with E-state index in [1.54, 1.807) is 19.4 Å². The normalized spacial score (nSPS) is 25.7. The molecule has 0 aliphatic heterocycles. The Labute approximate surface area is 168 Å². The molecule has 0 spiro atoms. The first-order chi connectivity index (χ1) is 13.3. The topological polar surface area (TPSA) is 120 Å². The summed E-state index contributed by atoms with van der Waals surface area (Å²) >= 11 is 0. The van der Waals surface area contributed by atoms with Gasteiger partial charge in [-0.3, -0.25) is 10.6 Å². The van der Waals surface area contributed by atoms with Gasteiger partial charge in [0.05, 0.1) is 5.60 Å². The van der Waals surface area contributed by atoms with Crippen molar-refractivity contribution in [3.8, 4) is 0 Å². The van der Waals surface area contributed by atoms with Crippen LogP contribution in [-0.4, -0.2) is 38.1 Å². The first-order valence-electron chi connectivity index (χ1n) is 9.89. The lowest BCUT2D eigenvalue weighted by molar-refractivity contribution is -0.131. The average Bonchev–Trinajstić information content (AvgIpc) is 2.67. The molecule has 28 heavy (non-hydrogen) atoms. The number of nitrogens with two attached hydrogens (primary N) is 3. The summed E-state index contributed by atoms with van der Waals surface area (Å²) in [5, 5.41) is 0. The third kappa shape index (κ3) is 4.84. The summed E-state index contributed by atoms with van der Waals surface area (Å²) in [6.45, 7) is 3.94. The molecule has 0 aromatic heterocycles. The molecule has 7 heteroatoms. The maximum Gasteiger partial charge on any atom is 0.248 e. The number of rotatable bonds is 9. The van der Waals surface area contributed by atoms with Gasteiger partial charge >= 0.3 is 0 Å². The number of amides is 1. The van der Waals surface area contributed by atoms with E-state index in [2.05, 4.69) is 30.4 Å². The molecule has 0 heterocycles.